The lowest BCUT2D eigenvalue weighted by Crippen LogP contribution is -2.48. The number of nitrogens with one attached hydrogen (secondary N) is 2. The average molecular weight is 278 g/mol. The molecule has 1 fully saturated rings. The van der Waals surface area contributed by atoms with Gasteiger partial charge in [0.2, 0.25) is 5.91 Å². The Morgan fingerprint density at radius 2 is 2.15 bits per heavy atom. The third-order valence-electron chi connectivity index (χ3n) is 3.64. The van der Waals surface area contributed by atoms with Gasteiger partial charge in [0.15, 0.2) is 0 Å². The molecule has 1 aromatic rings. The monoisotopic (exact) mass is 278 g/mol. The van der Waals surface area contributed by atoms with Gasteiger partial charge in [0.25, 0.3) is 0 Å². The molecule has 1 aliphatic rings. The second kappa shape index (κ2) is 6.61. The molecular formula is C15H22N2O3. The maximum atomic E-state index is 11.8. The fraction of sp³-hybridized carbons (Fsp3) is 0.533. The minimum atomic E-state index is -0.134. The summed E-state index contributed by atoms with van der Waals surface area (Å²) < 4.78 is 10.6. The molecule has 0 radical (unpaired) electrons. The van der Waals surface area contributed by atoms with Gasteiger partial charge < -0.3 is 14.8 Å². The minimum Gasteiger partial charge on any atom is -0.497 e. The zero-order chi connectivity index (χ0) is 14.5. The van der Waals surface area contributed by atoms with E-state index >= 15 is 0 Å². The molecule has 110 valence electrons. The lowest BCUT2D eigenvalue weighted by atomic mass is 10.0. The Balaban J connectivity index is 2.11. The van der Waals surface area contributed by atoms with E-state index in [0.717, 1.165) is 36.4 Å². The second-order valence-corrected chi connectivity index (χ2v) is 4.98. The van der Waals surface area contributed by atoms with Crippen molar-refractivity contribution in [1.29, 1.82) is 0 Å². The smallest absolute Gasteiger partial charge is 0.237 e. The minimum absolute atomic E-state index is 0.0321. The van der Waals surface area contributed by atoms with Gasteiger partial charge >= 0.3 is 0 Å². The summed E-state index contributed by atoms with van der Waals surface area (Å²) in [5.74, 6) is 1.60. The number of amides is 1. The van der Waals surface area contributed by atoms with Crippen molar-refractivity contribution in [1.82, 2.24) is 10.6 Å². The number of ether oxygens (including phenoxy) is 2. The molecule has 2 unspecified atom stereocenters. The number of piperidine rings is 1. The molecule has 1 amide bonds. The predicted molar refractivity (Wildman–Crippen MR) is 77.1 cm³/mol. The maximum Gasteiger partial charge on any atom is 0.237 e. The Hall–Kier alpha value is -1.75. The Labute approximate surface area is 119 Å². The van der Waals surface area contributed by atoms with E-state index in [9.17, 15) is 4.79 Å². The molecule has 1 saturated heterocycles. The summed E-state index contributed by atoms with van der Waals surface area (Å²) in [4.78, 5) is 11.8. The van der Waals surface area contributed by atoms with Gasteiger partial charge in [-0.05, 0) is 25.8 Å². The Morgan fingerprint density at radius 3 is 2.80 bits per heavy atom. The molecular weight excluding hydrogens is 256 g/mol. The van der Waals surface area contributed by atoms with Crippen molar-refractivity contribution in [3.05, 3.63) is 23.8 Å². The highest BCUT2D eigenvalue weighted by Crippen LogP contribution is 2.29. The molecule has 0 aliphatic carbocycles. The molecule has 0 aromatic heterocycles. The van der Waals surface area contributed by atoms with E-state index in [0.29, 0.717) is 0 Å². The molecule has 1 aromatic carbocycles. The molecule has 5 nitrogen and oxygen atoms in total. The van der Waals surface area contributed by atoms with Crippen LogP contribution in [0.5, 0.6) is 11.5 Å². The molecule has 1 aliphatic heterocycles. The van der Waals surface area contributed by atoms with Crippen molar-refractivity contribution >= 4 is 5.91 Å². The molecule has 2 N–H and O–H groups in total. The van der Waals surface area contributed by atoms with Crippen LogP contribution in [0.1, 0.15) is 31.4 Å². The zero-order valence-corrected chi connectivity index (χ0v) is 12.2. The number of hydrogen-bond acceptors (Lipinski definition) is 4. The van der Waals surface area contributed by atoms with Crippen molar-refractivity contribution < 1.29 is 14.3 Å². The quantitative estimate of drug-likeness (QED) is 0.859. The Bertz CT molecular complexity index is 476. The molecule has 5 heteroatoms. The summed E-state index contributed by atoms with van der Waals surface area (Å²) in [6.07, 6.45) is 1.88. The summed E-state index contributed by atoms with van der Waals surface area (Å²) in [7, 11) is 3.26. The molecule has 2 rings (SSSR count). The van der Waals surface area contributed by atoms with Crippen molar-refractivity contribution in [2.45, 2.75) is 31.8 Å². The van der Waals surface area contributed by atoms with E-state index < -0.39 is 0 Å². The number of hydrogen-bond donors (Lipinski definition) is 2. The summed E-state index contributed by atoms with van der Waals surface area (Å²) in [5.41, 5.74) is 1.02. The highest BCUT2D eigenvalue weighted by Gasteiger charge is 2.24. The normalized spacial score (nSPS) is 20.1. The first kappa shape index (κ1) is 14.7. The van der Waals surface area contributed by atoms with Crippen LogP contribution in [-0.4, -0.2) is 32.7 Å². The van der Waals surface area contributed by atoms with Crippen molar-refractivity contribution in [2.75, 3.05) is 20.8 Å². The van der Waals surface area contributed by atoms with E-state index in [4.69, 9.17) is 9.47 Å². The van der Waals surface area contributed by atoms with E-state index in [1.54, 1.807) is 14.2 Å². The lowest BCUT2D eigenvalue weighted by molar-refractivity contribution is -0.124. The molecule has 1 heterocycles. The Kier molecular flexibility index (Phi) is 4.84. The van der Waals surface area contributed by atoms with Crippen LogP contribution in [0.2, 0.25) is 0 Å². The second-order valence-electron chi connectivity index (χ2n) is 4.98. The van der Waals surface area contributed by atoms with Gasteiger partial charge in [-0.25, -0.2) is 0 Å². The summed E-state index contributed by atoms with van der Waals surface area (Å²) in [6, 6.07) is 5.62. The lowest BCUT2D eigenvalue weighted by Gasteiger charge is -2.27. The van der Waals surface area contributed by atoms with Crippen LogP contribution in [-0.2, 0) is 4.79 Å². The summed E-state index contributed by atoms with van der Waals surface area (Å²) in [6.45, 7) is 2.81. The highest BCUT2D eigenvalue weighted by atomic mass is 16.5. The summed E-state index contributed by atoms with van der Waals surface area (Å²) >= 11 is 0. The van der Waals surface area contributed by atoms with Crippen LogP contribution in [0.15, 0.2) is 18.2 Å². The van der Waals surface area contributed by atoms with Crippen LogP contribution in [0, 0.1) is 0 Å². The zero-order valence-electron chi connectivity index (χ0n) is 12.2. The van der Waals surface area contributed by atoms with E-state index in [1.165, 1.54) is 0 Å². The van der Waals surface area contributed by atoms with Gasteiger partial charge in [0.1, 0.15) is 11.5 Å². The van der Waals surface area contributed by atoms with Crippen molar-refractivity contribution in [3.8, 4) is 11.5 Å². The first-order valence-corrected chi connectivity index (χ1v) is 6.91. The molecule has 0 spiro atoms. The largest absolute Gasteiger partial charge is 0.497 e. The van der Waals surface area contributed by atoms with E-state index in [1.807, 2.05) is 25.1 Å². The van der Waals surface area contributed by atoms with Crippen LogP contribution in [0.4, 0.5) is 0 Å². The molecule has 20 heavy (non-hydrogen) atoms. The highest BCUT2D eigenvalue weighted by molar-refractivity contribution is 5.82. The van der Waals surface area contributed by atoms with E-state index in [-0.39, 0.29) is 18.0 Å². The first-order valence-electron chi connectivity index (χ1n) is 6.91. The standard InChI is InChI=1S/C15H22N2O3/c1-10(17-13-5-4-8-16-15(13)18)12-7-6-11(19-2)9-14(12)20-3/h6-7,9-10,13,17H,4-5,8H2,1-3H3,(H,16,18). The van der Waals surface area contributed by atoms with Gasteiger partial charge in [-0.2, -0.15) is 0 Å². The van der Waals surface area contributed by atoms with Gasteiger partial charge in [0.05, 0.1) is 20.3 Å². The third-order valence-corrected chi connectivity index (χ3v) is 3.64. The fourth-order valence-corrected chi connectivity index (χ4v) is 2.50. The van der Waals surface area contributed by atoms with Crippen LogP contribution >= 0.6 is 0 Å². The van der Waals surface area contributed by atoms with Gasteiger partial charge in [-0.15, -0.1) is 0 Å². The molecule has 0 bridgehead atoms. The molecule has 0 saturated carbocycles. The maximum absolute atomic E-state index is 11.8. The van der Waals surface area contributed by atoms with Crippen molar-refractivity contribution in [2.24, 2.45) is 0 Å². The number of carbonyl (C=O) groups excluding carboxylic acids is 1. The topological polar surface area (TPSA) is 59.6 Å². The van der Waals surface area contributed by atoms with Gasteiger partial charge in [-0.3, -0.25) is 10.1 Å². The first-order chi connectivity index (χ1) is 9.65. The van der Waals surface area contributed by atoms with Gasteiger partial charge in [-0.1, -0.05) is 6.07 Å². The number of rotatable bonds is 5. The average Bonchev–Trinajstić information content (AvgIpc) is 2.48. The Morgan fingerprint density at radius 1 is 1.35 bits per heavy atom. The predicted octanol–water partition coefficient (Wildman–Crippen LogP) is 1.63. The third kappa shape index (κ3) is 3.22. The van der Waals surface area contributed by atoms with Gasteiger partial charge in [0, 0.05) is 24.2 Å². The molecule has 2 atom stereocenters. The van der Waals surface area contributed by atoms with Crippen LogP contribution in [0.25, 0.3) is 0 Å². The van der Waals surface area contributed by atoms with Crippen molar-refractivity contribution in [3.63, 3.8) is 0 Å². The van der Waals surface area contributed by atoms with Crippen LogP contribution in [0.3, 0.4) is 0 Å². The van der Waals surface area contributed by atoms with Crippen LogP contribution < -0.4 is 20.1 Å². The number of methoxy groups -OCH3 is 2. The van der Waals surface area contributed by atoms with E-state index in [2.05, 4.69) is 10.6 Å². The fourth-order valence-electron chi connectivity index (χ4n) is 2.50. The summed E-state index contributed by atoms with van der Waals surface area (Å²) in [5, 5.41) is 6.25. The number of carbonyl (C=O) groups is 1. The SMILES string of the molecule is COc1ccc(C(C)NC2CCCNC2=O)c(OC)c1. The number of benzene rings is 1.